The van der Waals surface area contributed by atoms with E-state index < -0.39 is 0 Å². The van der Waals surface area contributed by atoms with Crippen LogP contribution in [0.25, 0.3) is 0 Å². The van der Waals surface area contributed by atoms with Gasteiger partial charge in [-0.1, -0.05) is 19.3 Å². The van der Waals surface area contributed by atoms with Gasteiger partial charge in [0, 0.05) is 44.9 Å². The lowest BCUT2D eigenvalue weighted by Gasteiger charge is -2.32. The first-order valence-electron chi connectivity index (χ1n) is 10.6. The summed E-state index contributed by atoms with van der Waals surface area (Å²) in [6.45, 7) is 3.90. The van der Waals surface area contributed by atoms with Crippen LogP contribution < -0.4 is 5.32 Å². The Morgan fingerprint density at radius 1 is 1.00 bits per heavy atom. The number of piperidine rings is 1. The van der Waals surface area contributed by atoms with Crippen LogP contribution in [0, 0.1) is 5.92 Å². The summed E-state index contributed by atoms with van der Waals surface area (Å²) < 4.78 is 2.20. The third-order valence-electron chi connectivity index (χ3n) is 6.60. The zero-order chi connectivity index (χ0) is 18.8. The van der Waals surface area contributed by atoms with Crippen LogP contribution in [0.4, 0.5) is 0 Å². The first-order valence-corrected chi connectivity index (χ1v) is 10.6. The standard InChI is InChI=1S/C20H31N5O2/c1-14(26)24-11-9-15(10-12-24)19-23-22-18-8-7-16(13-25(18)19)20(27)21-17-5-3-2-4-6-17/h15-17H,2-13H2,1H3,(H,21,27)/t16-/m0/s1. The number of rotatable bonds is 3. The van der Waals surface area contributed by atoms with Gasteiger partial charge >= 0.3 is 0 Å². The van der Waals surface area contributed by atoms with Gasteiger partial charge < -0.3 is 14.8 Å². The summed E-state index contributed by atoms with van der Waals surface area (Å²) in [5.74, 6) is 2.74. The quantitative estimate of drug-likeness (QED) is 0.879. The molecular formula is C20H31N5O2. The second-order valence-electron chi connectivity index (χ2n) is 8.44. The Bertz CT molecular complexity index is 687. The van der Waals surface area contributed by atoms with E-state index in [0.29, 0.717) is 18.5 Å². The molecule has 2 amide bonds. The van der Waals surface area contributed by atoms with Gasteiger partial charge in [0.1, 0.15) is 11.6 Å². The molecule has 0 aromatic carbocycles. The molecule has 27 heavy (non-hydrogen) atoms. The number of carbonyl (C=O) groups excluding carboxylic acids is 2. The van der Waals surface area contributed by atoms with Crippen molar-refractivity contribution in [2.24, 2.45) is 5.92 Å². The number of carbonyl (C=O) groups is 2. The van der Waals surface area contributed by atoms with Gasteiger partial charge in [-0.3, -0.25) is 9.59 Å². The Hall–Kier alpha value is -1.92. The summed E-state index contributed by atoms with van der Waals surface area (Å²) in [4.78, 5) is 26.3. The molecule has 3 heterocycles. The van der Waals surface area contributed by atoms with E-state index in [9.17, 15) is 9.59 Å². The SMILES string of the molecule is CC(=O)N1CCC(c2nnc3n2C[C@@H](C(=O)NC2CCCCC2)CC3)CC1. The van der Waals surface area contributed by atoms with Crippen molar-refractivity contribution in [1.29, 1.82) is 0 Å². The Morgan fingerprint density at radius 3 is 2.44 bits per heavy atom. The monoisotopic (exact) mass is 373 g/mol. The van der Waals surface area contributed by atoms with Crippen LogP contribution in [0.2, 0.25) is 0 Å². The maximum Gasteiger partial charge on any atom is 0.225 e. The number of hydrogen-bond acceptors (Lipinski definition) is 4. The van der Waals surface area contributed by atoms with Crippen molar-refractivity contribution in [2.75, 3.05) is 13.1 Å². The molecule has 7 nitrogen and oxygen atoms in total. The molecule has 1 saturated heterocycles. The molecule has 0 bridgehead atoms. The molecule has 7 heteroatoms. The summed E-state index contributed by atoms with van der Waals surface area (Å²) in [5.41, 5.74) is 0. The minimum atomic E-state index is 0.0199. The van der Waals surface area contributed by atoms with Crippen molar-refractivity contribution in [3.8, 4) is 0 Å². The molecule has 148 valence electrons. The predicted molar refractivity (Wildman–Crippen MR) is 101 cm³/mol. The van der Waals surface area contributed by atoms with E-state index >= 15 is 0 Å². The molecule has 0 unspecified atom stereocenters. The highest BCUT2D eigenvalue weighted by Crippen LogP contribution is 2.30. The topological polar surface area (TPSA) is 80.1 Å². The normalized spacial score (nSPS) is 24.5. The van der Waals surface area contributed by atoms with E-state index in [1.165, 1.54) is 19.3 Å². The number of aromatic nitrogens is 3. The van der Waals surface area contributed by atoms with Crippen LogP contribution in [0.1, 0.15) is 75.9 Å². The fraction of sp³-hybridized carbons (Fsp3) is 0.800. The third-order valence-corrected chi connectivity index (χ3v) is 6.60. The molecule has 1 aromatic heterocycles. The lowest BCUT2D eigenvalue weighted by molar-refractivity contribution is -0.130. The number of nitrogens with zero attached hydrogens (tertiary/aromatic N) is 4. The summed E-state index contributed by atoms with van der Waals surface area (Å²) in [7, 11) is 0. The molecular weight excluding hydrogens is 342 g/mol. The minimum Gasteiger partial charge on any atom is -0.353 e. The Morgan fingerprint density at radius 2 is 1.74 bits per heavy atom. The van der Waals surface area contributed by atoms with Crippen LogP contribution in [-0.4, -0.2) is 50.6 Å². The van der Waals surface area contributed by atoms with Crippen LogP contribution in [0.15, 0.2) is 0 Å². The number of nitrogens with one attached hydrogen (secondary N) is 1. The fourth-order valence-corrected chi connectivity index (χ4v) is 4.88. The minimum absolute atomic E-state index is 0.0199. The largest absolute Gasteiger partial charge is 0.353 e. The van der Waals surface area contributed by atoms with Gasteiger partial charge in [-0.15, -0.1) is 10.2 Å². The average Bonchev–Trinajstić information content (AvgIpc) is 3.12. The first kappa shape index (κ1) is 18.4. The van der Waals surface area contributed by atoms with Crippen molar-refractivity contribution >= 4 is 11.8 Å². The average molecular weight is 374 g/mol. The van der Waals surface area contributed by atoms with Gasteiger partial charge in [0.15, 0.2) is 0 Å². The van der Waals surface area contributed by atoms with Crippen LogP contribution >= 0.6 is 0 Å². The van der Waals surface area contributed by atoms with Crippen molar-refractivity contribution in [2.45, 2.75) is 83.2 Å². The molecule has 0 spiro atoms. The molecule has 2 aliphatic heterocycles. The molecule has 1 N–H and O–H groups in total. The zero-order valence-electron chi connectivity index (χ0n) is 16.3. The molecule has 1 aliphatic carbocycles. The Kier molecular flexibility index (Phi) is 5.45. The molecule has 1 aromatic rings. The van der Waals surface area contributed by atoms with Crippen molar-refractivity contribution < 1.29 is 9.59 Å². The van der Waals surface area contributed by atoms with Crippen molar-refractivity contribution in [3.05, 3.63) is 11.6 Å². The van der Waals surface area contributed by atoms with Gasteiger partial charge in [-0.05, 0) is 32.1 Å². The fourth-order valence-electron chi connectivity index (χ4n) is 4.88. The molecule has 3 aliphatic rings. The highest BCUT2D eigenvalue weighted by molar-refractivity contribution is 5.79. The van der Waals surface area contributed by atoms with Crippen LogP contribution in [0.5, 0.6) is 0 Å². The summed E-state index contributed by atoms with van der Waals surface area (Å²) in [6.07, 6.45) is 9.54. The van der Waals surface area contributed by atoms with E-state index in [1.807, 2.05) is 4.90 Å². The van der Waals surface area contributed by atoms with Gasteiger partial charge in [-0.25, -0.2) is 0 Å². The van der Waals surface area contributed by atoms with Gasteiger partial charge in [0.05, 0.1) is 5.92 Å². The Labute approximate surface area is 160 Å². The van der Waals surface area contributed by atoms with E-state index in [1.54, 1.807) is 6.92 Å². The third kappa shape index (κ3) is 4.01. The number of fused-ring (bicyclic) bond motifs is 1. The summed E-state index contributed by atoms with van der Waals surface area (Å²) in [5, 5.41) is 12.2. The van der Waals surface area contributed by atoms with Crippen molar-refractivity contribution in [1.82, 2.24) is 25.0 Å². The maximum atomic E-state index is 12.8. The summed E-state index contributed by atoms with van der Waals surface area (Å²) >= 11 is 0. The van der Waals surface area contributed by atoms with E-state index in [2.05, 4.69) is 20.1 Å². The van der Waals surface area contributed by atoms with E-state index in [-0.39, 0.29) is 17.7 Å². The van der Waals surface area contributed by atoms with Crippen molar-refractivity contribution in [3.63, 3.8) is 0 Å². The van der Waals surface area contributed by atoms with Gasteiger partial charge in [-0.2, -0.15) is 0 Å². The highest BCUT2D eigenvalue weighted by atomic mass is 16.2. The first-order chi connectivity index (χ1) is 13.1. The number of aryl methyl sites for hydroxylation is 1. The second-order valence-corrected chi connectivity index (χ2v) is 8.44. The molecule has 1 saturated carbocycles. The lowest BCUT2D eigenvalue weighted by atomic mass is 9.92. The van der Waals surface area contributed by atoms with E-state index in [0.717, 1.165) is 63.3 Å². The molecule has 0 radical (unpaired) electrons. The summed E-state index contributed by atoms with van der Waals surface area (Å²) in [6, 6.07) is 0.365. The number of amides is 2. The van der Waals surface area contributed by atoms with Crippen LogP contribution in [-0.2, 0) is 22.6 Å². The van der Waals surface area contributed by atoms with E-state index in [4.69, 9.17) is 0 Å². The number of hydrogen-bond donors (Lipinski definition) is 1. The molecule has 1 atom stereocenters. The number of likely N-dealkylation sites (tertiary alicyclic amines) is 1. The predicted octanol–water partition coefficient (Wildman–Crippen LogP) is 2.02. The maximum absolute atomic E-state index is 12.8. The van der Waals surface area contributed by atoms with Crippen LogP contribution in [0.3, 0.4) is 0 Å². The Balaban J connectivity index is 1.39. The highest BCUT2D eigenvalue weighted by Gasteiger charge is 2.32. The lowest BCUT2D eigenvalue weighted by Crippen LogP contribution is -2.43. The van der Waals surface area contributed by atoms with Gasteiger partial charge in [0.2, 0.25) is 11.8 Å². The smallest absolute Gasteiger partial charge is 0.225 e. The molecule has 2 fully saturated rings. The zero-order valence-corrected chi connectivity index (χ0v) is 16.3. The van der Waals surface area contributed by atoms with Gasteiger partial charge in [0.25, 0.3) is 0 Å². The molecule has 4 rings (SSSR count). The second kappa shape index (κ2) is 7.98.